The summed E-state index contributed by atoms with van der Waals surface area (Å²) in [6.45, 7) is 6.48. The van der Waals surface area contributed by atoms with Crippen LogP contribution in [-0.2, 0) is 19.1 Å². The molecular formula is C19H20F3N3O2. The number of hydrogen-bond donors (Lipinski definition) is 1. The van der Waals surface area contributed by atoms with Gasteiger partial charge in [0.05, 0.1) is 23.0 Å². The van der Waals surface area contributed by atoms with E-state index >= 15 is 0 Å². The second-order valence-corrected chi connectivity index (χ2v) is 6.51. The van der Waals surface area contributed by atoms with Crippen LogP contribution in [-0.4, -0.2) is 32.2 Å². The quantitative estimate of drug-likeness (QED) is 0.850. The molecule has 0 saturated heterocycles. The Morgan fingerprint density at radius 2 is 2.00 bits per heavy atom. The fraction of sp³-hybridized carbons (Fsp3) is 0.368. The highest BCUT2D eigenvalue weighted by atomic mass is 19.4. The first-order chi connectivity index (χ1) is 12.7. The second-order valence-electron chi connectivity index (χ2n) is 6.51. The van der Waals surface area contributed by atoms with Crippen molar-refractivity contribution < 1.29 is 23.1 Å². The van der Waals surface area contributed by atoms with Crippen molar-refractivity contribution >= 4 is 12.2 Å². The summed E-state index contributed by atoms with van der Waals surface area (Å²) in [6.07, 6.45) is -2.88. The molecule has 1 N–H and O–H groups in total. The standard InChI is InChI=1S/C19H20F3N3O2/c1-3-15-17-16(25(18(26)27)11-10-24(17)12(2)23-15)9-6-13-4-7-14(8-5-13)19(20,21)22/h3-5,7-8,16H,1,6,9-11H2,2H3,(H,26,27). The molecule has 3 rings (SSSR count). The number of fused-ring (bicyclic) bond motifs is 1. The molecule has 0 radical (unpaired) electrons. The maximum absolute atomic E-state index is 12.7. The van der Waals surface area contributed by atoms with Crippen LogP contribution in [0.3, 0.4) is 0 Å². The van der Waals surface area contributed by atoms with Crippen molar-refractivity contribution in [1.29, 1.82) is 0 Å². The summed E-state index contributed by atoms with van der Waals surface area (Å²) in [5, 5.41) is 9.57. The third-order valence-corrected chi connectivity index (χ3v) is 4.91. The van der Waals surface area contributed by atoms with E-state index in [2.05, 4.69) is 11.6 Å². The number of aryl methyl sites for hydroxylation is 2. The number of benzene rings is 1. The molecule has 1 aliphatic heterocycles. The predicted octanol–water partition coefficient (Wildman–Crippen LogP) is 4.52. The van der Waals surface area contributed by atoms with Crippen LogP contribution in [0, 0.1) is 6.92 Å². The van der Waals surface area contributed by atoms with Gasteiger partial charge in [0.15, 0.2) is 0 Å². The van der Waals surface area contributed by atoms with Gasteiger partial charge in [0.1, 0.15) is 5.82 Å². The first-order valence-electron chi connectivity index (χ1n) is 8.57. The van der Waals surface area contributed by atoms with Gasteiger partial charge in [-0.2, -0.15) is 13.2 Å². The molecule has 1 unspecified atom stereocenters. The summed E-state index contributed by atoms with van der Waals surface area (Å²) in [7, 11) is 0. The Hall–Kier alpha value is -2.77. The van der Waals surface area contributed by atoms with E-state index in [4.69, 9.17) is 0 Å². The lowest BCUT2D eigenvalue weighted by molar-refractivity contribution is -0.137. The second kappa shape index (κ2) is 7.09. The van der Waals surface area contributed by atoms with Crippen molar-refractivity contribution in [3.8, 4) is 0 Å². The number of aromatic nitrogens is 2. The lowest BCUT2D eigenvalue weighted by Gasteiger charge is -2.35. The first kappa shape index (κ1) is 19.0. The molecule has 2 aromatic rings. The minimum atomic E-state index is -4.37. The van der Waals surface area contributed by atoms with E-state index in [1.54, 1.807) is 6.08 Å². The molecule has 1 amide bonds. The Morgan fingerprint density at radius 3 is 2.56 bits per heavy atom. The summed E-state index contributed by atoms with van der Waals surface area (Å²) < 4.78 is 40.1. The average molecular weight is 379 g/mol. The van der Waals surface area contributed by atoms with E-state index in [1.165, 1.54) is 17.0 Å². The summed E-state index contributed by atoms with van der Waals surface area (Å²) in [5.41, 5.74) is 1.47. The summed E-state index contributed by atoms with van der Waals surface area (Å²) >= 11 is 0. The number of nitrogens with zero attached hydrogens (tertiary/aromatic N) is 3. The number of alkyl halides is 3. The average Bonchev–Trinajstić information content (AvgIpc) is 2.95. The molecule has 1 aromatic carbocycles. The van der Waals surface area contributed by atoms with Gasteiger partial charge in [-0.1, -0.05) is 18.7 Å². The summed E-state index contributed by atoms with van der Waals surface area (Å²) in [5.74, 6) is 0.796. The Kier molecular flexibility index (Phi) is 4.99. The number of rotatable bonds is 4. The molecule has 0 saturated carbocycles. The maximum atomic E-state index is 12.7. The van der Waals surface area contributed by atoms with Crippen LogP contribution in [0.2, 0.25) is 0 Å². The van der Waals surface area contributed by atoms with Crippen molar-refractivity contribution in [2.75, 3.05) is 6.54 Å². The number of halogens is 3. The van der Waals surface area contributed by atoms with Crippen LogP contribution in [0.4, 0.5) is 18.0 Å². The number of carboxylic acid groups (broad SMARTS) is 1. The van der Waals surface area contributed by atoms with E-state index in [-0.39, 0.29) is 0 Å². The number of imidazole rings is 1. The first-order valence-corrected chi connectivity index (χ1v) is 8.57. The smallest absolute Gasteiger partial charge is 0.416 e. The summed E-state index contributed by atoms with van der Waals surface area (Å²) in [4.78, 5) is 17.5. The minimum Gasteiger partial charge on any atom is -0.465 e. The lowest BCUT2D eigenvalue weighted by atomic mass is 9.98. The fourth-order valence-corrected chi connectivity index (χ4v) is 3.58. The van der Waals surface area contributed by atoms with Gasteiger partial charge >= 0.3 is 12.3 Å². The van der Waals surface area contributed by atoms with Crippen LogP contribution >= 0.6 is 0 Å². The highest BCUT2D eigenvalue weighted by Crippen LogP contribution is 2.34. The monoisotopic (exact) mass is 379 g/mol. The van der Waals surface area contributed by atoms with Gasteiger partial charge in [-0.15, -0.1) is 0 Å². The van der Waals surface area contributed by atoms with E-state index in [0.717, 1.165) is 29.2 Å². The van der Waals surface area contributed by atoms with Crippen molar-refractivity contribution in [3.05, 3.63) is 59.2 Å². The van der Waals surface area contributed by atoms with Crippen molar-refractivity contribution in [3.63, 3.8) is 0 Å². The zero-order chi connectivity index (χ0) is 19.8. The van der Waals surface area contributed by atoms with E-state index in [9.17, 15) is 23.1 Å². The van der Waals surface area contributed by atoms with Gasteiger partial charge in [0, 0.05) is 13.1 Å². The molecule has 0 fully saturated rings. The maximum Gasteiger partial charge on any atom is 0.416 e. The molecule has 27 heavy (non-hydrogen) atoms. The van der Waals surface area contributed by atoms with Gasteiger partial charge in [0.2, 0.25) is 0 Å². The molecule has 1 aliphatic rings. The molecule has 5 nitrogen and oxygen atoms in total. The largest absolute Gasteiger partial charge is 0.465 e. The molecule has 1 aromatic heterocycles. The number of hydrogen-bond acceptors (Lipinski definition) is 2. The minimum absolute atomic E-state index is 0.341. The molecule has 0 aliphatic carbocycles. The Labute approximate surface area is 154 Å². The molecule has 1 atom stereocenters. The third kappa shape index (κ3) is 3.70. The van der Waals surface area contributed by atoms with Crippen molar-refractivity contribution in [2.45, 2.75) is 38.5 Å². The van der Waals surface area contributed by atoms with Crippen molar-refractivity contribution in [2.24, 2.45) is 0 Å². The van der Waals surface area contributed by atoms with Gasteiger partial charge in [-0.05, 0) is 43.5 Å². The van der Waals surface area contributed by atoms with Crippen LogP contribution in [0.5, 0.6) is 0 Å². The Morgan fingerprint density at radius 1 is 1.33 bits per heavy atom. The zero-order valence-corrected chi connectivity index (χ0v) is 14.8. The molecule has 2 heterocycles. The topological polar surface area (TPSA) is 58.4 Å². The van der Waals surface area contributed by atoms with Gasteiger partial charge < -0.3 is 9.67 Å². The van der Waals surface area contributed by atoms with E-state index < -0.39 is 23.9 Å². The van der Waals surface area contributed by atoms with E-state index in [1.807, 2.05) is 11.5 Å². The normalized spacial score (nSPS) is 16.9. The van der Waals surface area contributed by atoms with Crippen LogP contribution < -0.4 is 0 Å². The fourth-order valence-electron chi connectivity index (χ4n) is 3.58. The molecule has 8 heteroatoms. The molecule has 144 valence electrons. The van der Waals surface area contributed by atoms with Crippen molar-refractivity contribution in [1.82, 2.24) is 14.5 Å². The lowest BCUT2D eigenvalue weighted by Crippen LogP contribution is -2.42. The van der Waals surface area contributed by atoms with Gasteiger partial charge in [-0.3, -0.25) is 4.90 Å². The Balaban J connectivity index is 1.86. The number of carbonyl (C=O) groups is 1. The van der Waals surface area contributed by atoms with Crippen LogP contribution in [0.15, 0.2) is 30.8 Å². The highest BCUT2D eigenvalue weighted by Gasteiger charge is 2.34. The molecule has 0 bridgehead atoms. The molecule has 0 spiro atoms. The molecular weight excluding hydrogens is 359 g/mol. The van der Waals surface area contributed by atoms with E-state index in [0.29, 0.717) is 31.6 Å². The SMILES string of the molecule is C=Cc1nc(C)n2c1C(CCc1ccc(C(F)(F)F)cc1)N(C(=O)O)CC2. The summed E-state index contributed by atoms with van der Waals surface area (Å²) in [6, 6.07) is 4.55. The van der Waals surface area contributed by atoms with Crippen LogP contribution in [0.25, 0.3) is 6.08 Å². The predicted molar refractivity (Wildman–Crippen MR) is 94.3 cm³/mol. The van der Waals surface area contributed by atoms with Crippen LogP contribution in [0.1, 0.15) is 40.8 Å². The highest BCUT2D eigenvalue weighted by molar-refractivity contribution is 5.66. The van der Waals surface area contributed by atoms with Gasteiger partial charge in [-0.25, -0.2) is 9.78 Å². The Bertz CT molecular complexity index is 856. The van der Waals surface area contributed by atoms with Gasteiger partial charge in [0.25, 0.3) is 0 Å². The zero-order valence-electron chi connectivity index (χ0n) is 14.8. The third-order valence-electron chi connectivity index (χ3n) is 4.91. The number of amides is 1.